The van der Waals surface area contributed by atoms with E-state index in [-0.39, 0.29) is 12.1 Å². The molecule has 0 N–H and O–H groups in total. The normalized spacial score (nSPS) is 18.5. The van der Waals surface area contributed by atoms with Gasteiger partial charge in [0.05, 0.1) is 0 Å². The maximum atomic E-state index is 11.7. The van der Waals surface area contributed by atoms with E-state index in [1.807, 2.05) is 19.9 Å². The largest absolute Gasteiger partial charge is 0.483 e. The van der Waals surface area contributed by atoms with Crippen LogP contribution in [0.1, 0.15) is 88.7 Å². The van der Waals surface area contributed by atoms with E-state index in [2.05, 4.69) is 40.3 Å². The summed E-state index contributed by atoms with van der Waals surface area (Å²) in [6.07, 6.45) is 2.27. The van der Waals surface area contributed by atoms with Crippen molar-refractivity contribution in [3.05, 3.63) is 41.0 Å². The second-order valence-electron chi connectivity index (χ2n) is 7.77. The van der Waals surface area contributed by atoms with Crippen LogP contribution in [0.25, 0.3) is 0 Å². The van der Waals surface area contributed by atoms with Crippen molar-refractivity contribution in [2.75, 3.05) is 0 Å². The Morgan fingerprint density at radius 3 is 2.33 bits per heavy atom. The quantitative estimate of drug-likeness (QED) is 0.533. The first-order chi connectivity index (χ1) is 11.1. The Hall–Kier alpha value is -1.77. The third kappa shape index (κ3) is 3.22. The van der Waals surface area contributed by atoms with Gasteiger partial charge in [-0.2, -0.15) is 0 Å². The molecule has 1 aromatic carbocycles. The van der Waals surface area contributed by atoms with Gasteiger partial charge in [0.1, 0.15) is 11.4 Å². The Morgan fingerprint density at radius 1 is 1.29 bits per heavy atom. The van der Waals surface area contributed by atoms with Gasteiger partial charge in [-0.1, -0.05) is 39.8 Å². The lowest BCUT2D eigenvalue weighted by Crippen LogP contribution is -2.33. The van der Waals surface area contributed by atoms with Gasteiger partial charge in [0.15, 0.2) is 6.10 Å². The van der Waals surface area contributed by atoms with Gasteiger partial charge in [-0.05, 0) is 43.2 Å². The van der Waals surface area contributed by atoms with Gasteiger partial charge in [-0.3, -0.25) is 4.79 Å². The number of carbonyl (C=O) groups excluding carboxylic acids is 1. The number of fused-ring (bicyclic) bond motifs is 1. The first-order valence-corrected chi connectivity index (χ1v) is 8.76. The van der Waals surface area contributed by atoms with Crippen LogP contribution < -0.4 is 4.74 Å². The smallest absolute Gasteiger partial charge is 0.303 e. The van der Waals surface area contributed by atoms with E-state index >= 15 is 0 Å². The van der Waals surface area contributed by atoms with E-state index < -0.39 is 5.60 Å². The van der Waals surface area contributed by atoms with Crippen molar-refractivity contribution < 1.29 is 14.3 Å². The first-order valence-electron chi connectivity index (χ1n) is 8.76. The van der Waals surface area contributed by atoms with Gasteiger partial charge in [-0.25, -0.2) is 0 Å². The monoisotopic (exact) mass is 330 g/mol. The molecule has 24 heavy (non-hydrogen) atoms. The number of benzene rings is 1. The molecule has 132 valence electrons. The summed E-state index contributed by atoms with van der Waals surface area (Å²) in [5.41, 5.74) is 4.12. The van der Waals surface area contributed by atoms with Crippen molar-refractivity contribution in [3.63, 3.8) is 0 Å². The Kier molecular flexibility index (Phi) is 5.12. The van der Waals surface area contributed by atoms with Crippen LogP contribution in [-0.2, 0) is 16.0 Å². The molecule has 0 saturated carbocycles. The van der Waals surface area contributed by atoms with Crippen molar-refractivity contribution in [1.29, 1.82) is 0 Å². The molecule has 0 saturated heterocycles. The van der Waals surface area contributed by atoms with E-state index in [1.165, 1.54) is 23.6 Å². The lowest BCUT2D eigenvalue weighted by atomic mass is 9.83. The SMILES string of the molecule is C=CCc1c(C(C)C)cc(C(C)C)c2c1OC(C)(C)C2OC(C)=O. The minimum absolute atomic E-state index is 0.280. The molecule has 0 fully saturated rings. The number of rotatable bonds is 5. The molecule has 1 aliphatic rings. The molecule has 1 atom stereocenters. The van der Waals surface area contributed by atoms with E-state index in [0.717, 1.165) is 17.7 Å². The highest BCUT2D eigenvalue weighted by molar-refractivity contribution is 5.68. The van der Waals surface area contributed by atoms with Crippen LogP contribution in [0.3, 0.4) is 0 Å². The van der Waals surface area contributed by atoms with Crippen molar-refractivity contribution in [3.8, 4) is 5.75 Å². The van der Waals surface area contributed by atoms with Crippen LogP contribution in [0.5, 0.6) is 5.75 Å². The van der Waals surface area contributed by atoms with Crippen LogP contribution in [0.4, 0.5) is 0 Å². The number of hydrogen-bond donors (Lipinski definition) is 0. The summed E-state index contributed by atoms with van der Waals surface area (Å²) in [6.45, 7) is 18.1. The number of esters is 1. The highest BCUT2D eigenvalue weighted by Gasteiger charge is 2.47. The van der Waals surface area contributed by atoms with Crippen molar-refractivity contribution in [2.24, 2.45) is 0 Å². The Balaban J connectivity index is 2.79. The van der Waals surface area contributed by atoms with Crippen LogP contribution >= 0.6 is 0 Å². The van der Waals surface area contributed by atoms with E-state index in [1.54, 1.807) is 0 Å². The second kappa shape index (κ2) is 6.62. The molecule has 0 aromatic heterocycles. The summed E-state index contributed by atoms with van der Waals surface area (Å²) in [4.78, 5) is 11.7. The molecule has 0 aliphatic carbocycles. The molecule has 1 aliphatic heterocycles. The van der Waals surface area contributed by atoms with Crippen LogP contribution in [0.15, 0.2) is 18.7 Å². The zero-order valence-corrected chi connectivity index (χ0v) is 16.0. The maximum Gasteiger partial charge on any atom is 0.303 e. The predicted molar refractivity (Wildman–Crippen MR) is 97.7 cm³/mol. The van der Waals surface area contributed by atoms with Gasteiger partial charge in [0.25, 0.3) is 0 Å². The fraction of sp³-hybridized carbons (Fsp3) is 0.571. The van der Waals surface area contributed by atoms with E-state index in [9.17, 15) is 4.79 Å². The predicted octanol–water partition coefficient (Wildman–Crippen LogP) is 5.44. The molecule has 3 heteroatoms. The van der Waals surface area contributed by atoms with Gasteiger partial charge in [0.2, 0.25) is 0 Å². The zero-order valence-electron chi connectivity index (χ0n) is 16.0. The average molecular weight is 330 g/mol. The minimum atomic E-state index is -0.580. The number of hydrogen-bond acceptors (Lipinski definition) is 3. The van der Waals surface area contributed by atoms with E-state index in [4.69, 9.17) is 9.47 Å². The molecule has 3 nitrogen and oxygen atoms in total. The Labute approximate surface area is 146 Å². The van der Waals surface area contributed by atoms with E-state index in [0.29, 0.717) is 11.8 Å². The average Bonchev–Trinajstić information content (AvgIpc) is 2.70. The number of allylic oxidation sites excluding steroid dienone is 1. The van der Waals surface area contributed by atoms with Gasteiger partial charge in [0, 0.05) is 18.1 Å². The van der Waals surface area contributed by atoms with Gasteiger partial charge < -0.3 is 9.47 Å². The summed E-state index contributed by atoms with van der Waals surface area (Å²) < 4.78 is 12.0. The van der Waals surface area contributed by atoms with Crippen molar-refractivity contribution in [1.82, 2.24) is 0 Å². The summed E-state index contributed by atoms with van der Waals surface area (Å²) in [7, 11) is 0. The number of ether oxygens (including phenoxy) is 2. The topological polar surface area (TPSA) is 35.5 Å². The summed E-state index contributed by atoms with van der Waals surface area (Å²) in [6, 6.07) is 2.27. The van der Waals surface area contributed by atoms with Crippen LogP contribution in [0.2, 0.25) is 0 Å². The second-order valence-corrected chi connectivity index (χ2v) is 7.77. The number of carbonyl (C=O) groups is 1. The molecule has 0 amide bonds. The van der Waals surface area contributed by atoms with Gasteiger partial charge >= 0.3 is 5.97 Å². The first kappa shape index (κ1) is 18.6. The third-order valence-electron chi connectivity index (χ3n) is 4.62. The molecule has 1 heterocycles. The molecular formula is C21H30O3. The fourth-order valence-corrected chi connectivity index (χ4v) is 3.52. The summed E-state index contributed by atoms with van der Waals surface area (Å²) in [5.74, 6) is 1.32. The van der Waals surface area contributed by atoms with Crippen molar-refractivity contribution >= 4 is 5.97 Å². The summed E-state index contributed by atoms with van der Waals surface area (Å²) >= 11 is 0. The zero-order chi connectivity index (χ0) is 18.2. The standard InChI is InChI=1S/C21H30O3/c1-9-10-15-16(12(2)3)11-17(13(4)5)18-19(15)24-21(7,8)20(18)23-14(6)22/h9,11-13,20H,1,10H2,2-8H3. The molecular weight excluding hydrogens is 300 g/mol. The lowest BCUT2D eigenvalue weighted by molar-refractivity contribution is -0.154. The Bertz CT molecular complexity index is 654. The van der Waals surface area contributed by atoms with Crippen molar-refractivity contribution in [2.45, 2.75) is 78.4 Å². The molecule has 1 aromatic rings. The molecule has 1 unspecified atom stereocenters. The van der Waals surface area contributed by atoms with Gasteiger partial charge in [-0.15, -0.1) is 6.58 Å². The third-order valence-corrected chi connectivity index (χ3v) is 4.62. The summed E-state index contributed by atoms with van der Waals surface area (Å²) in [5, 5.41) is 0. The fourth-order valence-electron chi connectivity index (χ4n) is 3.52. The van der Waals surface area contributed by atoms with Crippen LogP contribution in [-0.4, -0.2) is 11.6 Å². The lowest BCUT2D eigenvalue weighted by Gasteiger charge is -2.26. The molecule has 0 spiro atoms. The minimum Gasteiger partial charge on any atom is -0.483 e. The Morgan fingerprint density at radius 2 is 1.88 bits per heavy atom. The molecule has 2 rings (SSSR count). The maximum absolute atomic E-state index is 11.7. The highest BCUT2D eigenvalue weighted by atomic mass is 16.6. The van der Waals surface area contributed by atoms with Crippen LogP contribution in [0, 0.1) is 0 Å². The molecule has 0 bridgehead atoms. The molecule has 0 radical (unpaired) electrons. The highest BCUT2D eigenvalue weighted by Crippen LogP contribution is 2.52.